The molecule has 0 aliphatic rings. The Balaban J connectivity index is 2.28. The zero-order valence-electron chi connectivity index (χ0n) is 6.71. The van der Waals surface area contributed by atoms with E-state index in [1.165, 1.54) is 5.19 Å². The maximum atomic E-state index is 5.25. The minimum Gasteiger partial charge on any atom is -0.385 e. The lowest BCUT2D eigenvalue weighted by atomic mass is 10.4. The number of hydrogen-bond donors (Lipinski definition) is 0. The first-order valence-corrected chi connectivity index (χ1v) is 5.01. The Morgan fingerprint density at radius 2 is 2.00 bits per heavy atom. The molecule has 0 heterocycles. The second-order valence-corrected chi connectivity index (χ2v) is 3.40. The molecule has 0 unspecified atom stereocenters. The zero-order valence-corrected chi connectivity index (χ0v) is 7.71. The molecule has 2 heteroatoms. The summed E-state index contributed by atoms with van der Waals surface area (Å²) in [6.07, 6.45) is 0.862. The molecule has 2 radical (unpaired) electrons. The van der Waals surface area contributed by atoms with Crippen LogP contribution in [0.5, 0.6) is 0 Å². The quantitative estimate of drug-likeness (QED) is 0.477. The molecular weight excluding hydrogens is 152 g/mol. The molecule has 58 valence electrons. The van der Waals surface area contributed by atoms with Crippen molar-refractivity contribution in [1.82, 2.24) is 0 Å². The zero-order chi connectivity index (χ0) is 7.94. The first kappa shape index (κ1) is 8.49. The van der Waals surface area contributed by atoms with Gasteiger partial charge in [0, 0.05) is 12.8 Å². The van der Waals surface area contributed by atoms with Gasteiger partial charge in [-0.25, -0.2) is 0 Å². The minimum atomic E-state index is 0.789. The molecule has 0 aliphatic carbocycles. The van der Waals surface area contributed by atoms with Crippen molar-refractivity contribution in [3.63, 3.8) is 0 Å². The third-order valence-corrected chi connectivity index (χ3v) is 2.45. The molecule has 0 saturated carbocycles. The lowest BCUT2D eigenvalue weighted by Gasteiger charge is -1.98. The van der Waals surface area contributed by atoms with E-state index in [2.05, 4.69) is 24.3 Å². The Hall–Kier alpha value is -0.603. The van der Waals surface area contributed by atoms with Crippen molar-refractivity contribution < 1.29 is 4.74 Å². The lowest BCUT2D eigenvalue weighted by Crippen LogP contribution is -2.18. The van der Waals surface area contributed by atoms with E-state index < -0.39 is 0 Å². The highest BCUT2D eigenvalue weighted by Crippen LogP contribution is 1.81. The minimum absolute atomic E-state index is 0.789. The molecule has 0 atom stereocenters. The summed E-state index contributed by atoms with van der Waals surface area (Å²) in [5.74, 6) is 0. The van der Waals surface area contributed by atoms with Gasteiger partial charge in [0.2, 0.25) is 0 Å². The average Bonchev–Trinajstić information content (AvgIpc) is 2.07. The van der Waals surface area contributed by atoms with Crippen molar-refractivity contribution in [1.29, 1.82) is 0 Å². The van der Waals surface area contributed by atoms with Gasteiger partial charge >= 0.3 is 0 Å². The number of rotatable bonds is 4. The van der Waals surface area contributed by atoms with E-state index >= 15 is 0 Å². The van der Waals surface area contributed by atoms with Crippen LogP contribution in [0.25, 0.3) is 0 Å². The largest absolute Gasteiger partial charge is 0.385 e. The molecule has 0 amide bonds. The first-order chi connectivity index (χ1) is 5.43. The molecule has 0 aliphatic heterocycles. The Bertz CT molecular complexity index is 186. The first-order valence-electron chi connectivity index (χ1n) is 3.80. The molecule has 0 fully saturated rings. The number of hydrogen-bond acceptors (Lipinski definition) is 1. The van der Waals surface area contributed by atoms with E-state index in [1.807, 2.05) is 13.0 Å². The fraction of sp³-hybridized carbons (Fsp3) is 0.333. The van der Waals surface area contributed by atoms with Crippen LogP contribution in [0, 0.1) is 0 Å². The van der Waals surface area contributed by atoms with Gasteiger partial charge in [-0.2, -0.15) is 0 Å². The Labute approximate surface area is 70.2 Å². The Morgan fingerprint density at radius 3 is 2.64 bits per heavy atom. The molecular formula is C9H12OSi. The Morgan fingerprint density at radius 1 is 1.27 bits per heavy atom. The topological polar surface area (TPSA) is 9.23 Å². The van der Waals surface area contributed by atoms with Crippen LogP contribution in [0.3, 0.4) is 0 Å². The summed E-state index contributed by atoms with van der Waals surface area (Å²) in [5, 5.41) is 1.38. The standard InChI is InChI=1S/C9H12OSi/c1-2-10-8-11-9-6-4-3-5-7-9/h3-7H,2,8H2,1H3. The molecule has 1 aromatic rings. The van der Waals surface area contributed by atoms with E-state index in [0.717, 1.165) is 22.4 Å². The van der Waals surface area contributed by atoms with E-state index in [0.29, 0.717) is 0 Å². The predicted molar refractivity (Wildman–Crippen MR) is 48.3 cm³/mol. The molecule has 11 heavy (non-hydrogen) atoms. The van der Waals surface area contributed by atoms with Crippen molar-refractivity contribution in [3.8, 4) is 0 Å². The highest BCUT2D eigenvalue weighted by atomic mass is 28.2. The SMILES string of the molecule is CCOC[Si]c1ccccc1. The van der Waals surface area contributed by atoms with Crippen LogP contribution in [0.1, 0.15) is 6.92 Å². The van der Waals surface area contributed by atoms with Gasteiger partial charge in [-0.3, -0.25) is 0 Å². The van der Waals surface area contributed by atoms with Gasteiger partial charge in [-0.05, 0) is 6.92 Å². The fourth-order valence-electron chi connectivity index (χ4n) is 0.792. The van der Waals surface area contributed by atoms with Gasteiger partial charge in [0.1, 0.15) is 9.52 Å². The van der Waals surface area contributed by atoms with Crippen LogP contribution < -0.4 is 5.19 Å². The van der Waals surface area contributed by atoms with Gasteiger partial charge in [-0.1, -0.05) is 35.5 Å². The highest BCUT2D eigenvalue weighted by molar-refractivity contribution is 6.53. The maximum absolute atomic E-state index is 5.25. The normalized spacial score (nSPS) is 9.91. The van der Waals surface area contributed by atoms with Gasteiger partial charge in [0.05, 0.1) is 0 Å². The molecule has 1 nitrogen and oxygen atoms in total. The van der Waals surface area contributed by atoms with Crippen LogP contribution in [0.4, 0.5) is 0 Å². The second kappa shape index (κ2) is 5.10. The average molecular weight is 164 g/mol. The summed E-state index contributed by atoms with van der Waals surface area (Å²) in [7, 11) is 0.789. The van der Waals surface area contributed by atoms with Gasteiger partial charge < -0.3 is 4.74 Å². The van der Waals surface area contributed by atoms with Crippen molar-refractivity contribution in [2.75, 3.05) is 12.8 Å². The third kappa shape index (κ3) is 3.35. The molecule has 0 aromatic heterocycles. The van der Waals surface area contributed by atoms with Crippen LogP contribution in [-0.4, -0.2) is 22.4 Å². The summed E-state index contributed by atoms with van der Waals surface area (Å²) in [4.78, 5) is 0. The fourth-order valence-corrected chi connectivity index (χ4v) is 1.69. The molecule has 0 N–H and O–H groups in total. The third-order valence-electron chi connectivity index (χ3n) is 1.36. The van der Waals surface area contributed by atoms with Crippen molar-refractivity contribution >= 4 is 14.7 Å². The smallest absolute Gasteiger partial charge is 0.114 e. The highest BCUT2D eigenvalue weighted by Gasteiger charge is 1.91. The van der Waals surface area contributed by atoms with Crippen LogP contribution in [0.2, 0.25) is 0 Å². The molecule has 0 spiro atoms. The summed E-state index contributed by atoms with van der Waals surface area (Å²) >= 11 is 0. The van der Waals surface area contributed by atoms with Gasteiger partial charge in [0.25, 0.3) is 0 Å². The van der Waals surface area contributed by atoms with Gasteiger partial charge in [-0.15, -0.1) is 0 Å². The molecule has 0 bridgehead atoms. The Kier molecular flexibility index (Phi) is 3.94. The van der Waals surface area contributed by atoms with Crippen LogP contribution in [0.15, 0.2) is 30.3 Å². The van der Waals surface area contributed by atoms with Crippen molar-refractivity contribution in [3.05, 3.63) is 30.3 Å². The van der Waals surface area contributed by atoms with E-state index in [1.54, 1.807) is 0 Å². The van der Waals surface area contributed by atoms with E-state index in [9.17, 15) is 0 Å². The number of benzene rings is 1. The molecule has 1 rings (SSSR count). The van der Waals surface area contributed by atoms with Gasteiger partial charge in [0.15, 0.2) is 0 Å². The predicted octanol–water partition coefficient (Wildman–Crippen LogP) is 1.01. The lowest BCUT2D eigenvalue weighted by molar-refractivity contribution is 0.193. The van der Waals surface area contributed by atoms with Crippen LogP contribution in [-0.2, 0) is 4.74 Å². The second-order valence-electron chi connectivity index (χ2n) is 2.18. The number of ether oxygens (including phenoxy) is 1. The summed E-state index contributed by atoms with van der Waals surface area (Å²) in [5.41, 5.74) is 0. The maximum Gasteiger partial charge on any atom is 0.114 e. The van der Waals surface area contributed by atoms with Crippen molar-refractivity contribution in [2.45, 2.75) is 6.92 Å². The monoisotopic (exact) mass is 164 g/mol. The summed E-state index contributed by atoms with van der Waals surface area (Å²) in [6.45, 7) is 2.84. The van der Waals surface area contributed by atoms with E-state index in [4.69, 9.17) is 4.74 Å². The molecule has 0 saturated heterocycles. The van der Waals surface area contributed by atoms with Crippen molar-refractivity contribution in [2.24, 2.45) is 0 Å². The van der Waals surface area contributed by atoms with E-state index in [-0.39, 0.29) is 0 Å². The van der Waals surface area contributed by atoms with Crippen LogP contribution >= 0.6 is 0 Å². The summed E-state index contributed by atoms with van der Waals surface area (Å²) < 4.78 is 5.25. The summed E-state index contributed by atoms with van der Waals surface area (Å²) in [6, 6.07) is 10.4. The molecule has 1 aromatic carbocycles.